The van der Waals surface area contributed by atoms with Gasteiger partial charge in [-0.15, -0.1) is 0 Å². The maximum atomic E-state index is 10.8. The van der Waals surface area contributed by atoms with Crippen molar-refractivity contribution >= 4 is 12.4 Å². The number of hydrogen-bond donors (Lipinski definition) is 2. The van der Waals surface area contributed by atoms with E-state index in [1.807, 2.05) is 26.3 Å². The van der Waals surface area contributed by atoms with Gasteiger partial charge in [-0.3, -0.25) is 9.98 Å². The molecule has 2 aromatic carbocycles. The SMILES string of the molecule is Cc1cc(CC(C)(C)C)cc(C=NC2CC3CCC2(N=Cc2cc(CC(C)(C)C)cc(C)c2O)C3)c1O. The number of aliphatic imine (C=N–C) groups is 2. The van der Waals surface area contributed by atoms with Crippen LogP contribution in [0.15, 0.2) is 34.3 Å². The van der Waals surface area contributed by atoms with E-state index in [0.717, 1.165) is 54.4 Å². The lowest BCUT2D eigenvalue weighted by molar-refractivity contribution is 0.367. The van der Waals surface area contributed by atoms with Crippen molar-refractivity contribution in [1.29, 1.82) is 0 Å². The summed E-state index contributed by atoms with van der Waals surface area (Å²) in [6.07, 6.45) is 9.96. The fourth-order valence-corrected chi connectivity index (χ4v) is 6.36. The molecule has 4 heteroatoms. The number of phenols is 2. The molecule has 2 aliphatic carbocycles. The number of aromatic hydroxyl groups is 2. The predicted molar refractivity (Wildman–Crippen MR) is 156 cm³/mol. The maximum absolute atomic E-state index is 10.8. The molecule has 200 valence electrons. The van der Waals surface area contributed by atoms with Crippen molar-refractivity contribution in [3.63, 3.8) is 0 Å². The lowest BCUT2D eigenvalue weighted by Crippen LogP contribution is -2.34. The first-order chi connectivity index (χ1) is 17.1. The van der Waals surface area contributed by atoms with Crippen LogP contribution >= 0.6 is 0 Å². The zero-order valence-electron chi connectivity index (χ0n) is 24.2. The van der Waals surface area contributed by atoms with Gasteiger partial charge in [-0.05, 0) is 104 Å². The maximum Gasteiger partial charge on any atom is 0.127 e. The van der Waals surface area contributed by atoms with E-state index in [9.17, 15) is 10.2 Å². The van der Waals surface area contributed by atoms with Crippen LogP contribution in [0.2, 0.25) is 0 Å². The summed E-state index contributed by atoms with van der Waals surface area (Å²) < 4.78 is 0. The van der Waals surface area contributed by atoms with Gasteiger partial charge in [0.15, 0.2) is 0 Å². The third-order valence-electron chi connectivity index (χ3n) is 7.91. The first-order valence-electron chi connectivity index (χ1n) is 13.9. The topological polar surface area (TPSA) is 65.2 Å². The molecule has 2 bridgehead atoms. The first-order valence-corrected chi connectivity index (χ1v) is 13.9. The number of nitrogens with zero attached hydrogens (tertiary/aromatic N) is 2. The van der Waals surface area contributed by atoms with E-state index in [1.165, 1.54) is 17.5 Å². The van der Waals surface area contributed by atoms with Crippen LogP contribution in [0.25, 0.3) is 0 Å². The van der Waals surface area contributed by atoms with Gasteiger partial charge >= 0.3 is 0 Å². The lowest BCUT2D eigenvalue weighted by Gasteiger charge is -2.29. The van der Waals surface area contributed by atoms with E-state index in [4.69, 9.17) is 9.98 Å². The molecule has 0 spiro atoms. The van der Waals surface area contributed by atoms with Crippen molar-refractivity contribution in [2.75, 3.05) is 0 Å². The molecule has 0 saturated heterocycles. The second kappa shape index (κ2) is 9.93. The second-order valence-electron chi connectivity index (χ2n) is 14.2. The van der Waals surface area contributed by atoms with Crippen LogP contribution in [0, 0.1) is 30.6 Å². The molecule has 2 N–H and O–H groups in total. The molecule has 0 radical (unpaired) electrons. The van der Waals surface area contributed by atoms with E-state index in [-0.39, 0.29) is 22.4 Å². The summed E-state index contributed by atoms with van der Waals surface area (Å²) in [6.45, 7) is 17.3. The van der Waals surface area contributed by atoms with Gasteiger partial charge in [-0.1, -0.05) is 53.7 Å². The Bertz CT molecular complexity index is 1210. The fourth-order valence-electron chi connectivity index (χ4n) is 6.36. The third-order valence-corrected chi connectivity index (χ3v) is 7.91. The Kier molecular flexibility index (Phi) is 7.35. The van der Waals surface area contributed by atoms with E-state index >= 15 is 0 Å². The Morgan fingerprint density at radius 3 is 1.84 bits per heavy atom. The molecule has 0 amide bonds. The summed E-state index contributed by atoms with van der Waals surface area (Å²) in [7, 11) is 0. The van der Waals surface area contributed by atoms with Gasteiger partial charge in [0.2, 0.25) is 0 Å². The van der Waals surface area contributed by atoms with E-state index in [2.05, 4.69) is 65.8 Å². The van der Waals surface area contributed by atoms with Gasteiger partial charge in [-0.25, -0.2) is 0 Å². The number of rotatable bonds is 6. The van der Waals surface area contributed by atoms with E-state index < -0.39 is 0 Å². The molecular formula is C33H46N2O2. The van der Waals surface area contributed by atoms with Gasteiger partial charge in [0.25, 0.3) is 0 Å². The highest BCUT2D eigenvalue weighted by atomic mass is 16.3. The summed E-state index contributed by atoms with van der Waals surface area (Å²) >= 11 is 0. The molecule has 0 aromatic heterocycles. The molecule has 3 atom stereocenters. The van der Waals surface area contributed by atoms with Crippen LogP contribution < -0.4 is 0 Å². The summed E-state index contributed by atoms with van der Waals surface area (Å²) in [5, 5.41) is 21.6. The monoisotopic (exact) mass is 502 g/mol. The minimum absolute atomic E-state index is 0.0921. The van der Waals surface area contributed by atoms with Gasteiger partial charge in [-0.2, -0.15) is 0 Å². The average Bonchev–Trinajstić information content (AvgIpc) is 3.33. The normalized spacial score (nSPS) is 24.1. The van der Waals surface area contributed by atoms with Crippen molar-refractivity contribution in [2.45, 2.75) is 105 Å². The van der Waals surface area contributed by atoms with Gasteiger partial charge in [0.1, 0.15) is 11.5 Å². The number of aryl methyl sites for hydroxylation is 2. The molecule has 3 unspecified atom stereocenters. The van der Waals surface area contributed by atoms with E-state index in [1.54, 1.807) is 0 Å². The van der Waals surface area contributed by atoms with Crippen molar-refractivity contribution in [1.82, 2.24) is 0 Å². The summed E-state index contributed by atoms with van der Waals surface area (Å²) in [6, 6.07) is 8.45. The molecule has 4 nitrogen and oxygen atoms in total. The molecule has 2 saturated carbocycles. The van der Waals surface area contributed by atoms with Gasteiger partial charge in [0.05, 0.1) is 11.6 Å². The van der Waals surface area contributed by atoms with Gasteiger partial charge < -0.3 is 10.2 Å². The first kappa shape index (κ1) is 27.4. The lowest BCUT2D eigenvalue weighted by atomic mass is 9.86. The average molecular weight is 503 g/mol. The van der Waals surface area contributed by atoms with Crippen molar-refractivity contribution in [2.24, 2.45) is 26.7 Å². The van der Waals surface area contributed by atoms with Crippen molar-refractivity contribution in [3.8, 4) is 11.5 Å². The van der Waals surface area contributed by atoms with E-state index in [0.29, 0.717) is 17.4 Å². The number of phenolic OH excluding ortho intramolecular Hbond substituents is 2. The predicted octanol–water partition coefficient (Wildman–Crippen LogP) is 7.74. The Morgan fingerprint density at radius 2 is 1.35 bits per heavy atom. The summed E-state index contributed by atoms with van der Waals surface area (Å²) in [4.78, 5) is 10.2. The van der Waals surface area contributed by atoms with Crippen LogP contribution in [-0.4, -0.2) is 34.2 Å². The Morgan fingerprint density at radius 1 is 0.838 bits per heavy atom. The highest BCUT2D eigenvalue weighted by Crippen LogP contribution is 2.51. The van der Waals surface area contributed by atoms with Crippen LogP contribution in [0.3, 0.4) is 0 Å². The molecule has 0 aliphatic heterocycles. The highest BCUT2D eigenvalue weighted by molar-refractivity contribution is 5.86. The summed E-state index contributed by atoms with van der Waals surface area (Å²) in [5.41, 5.74) is 5.97. The van der Waals surface area contributed by atoms with Crippen LogP contribution in [0.4, 0.5) is 0 Å². The van der Waals surface area contributed by atoms with Crippen molar-refractivity contribution in [3.05, 3.63) is 57.6 Å². The molecule has 4 rings (SSSR count). The van der Waals surface area contributed by atoms with Crippen molar-refractivity contribution < 1.29 is 10.2 Å². The van der Waals surface area contributed by atoms with Crippen LogP contribution in [-0.2, 0) is 12.8 Å². The fraction of sp³-hybridized carbons (Fsp3) is 0.576. The minimum atomic E-state index is -0.227. The summed E-state index contributed by atoms with van der Waals surface area (Å²) in [5.74, 6) is 1.28. The molecule has 37 heavy (non-hydrogen) atoms. The van der Waals surface area contributed by atoms with Gasteiger partial charge in [0, 0.05) is 23.6 Å². The minimum Gasteiger partial charge on any atom is -0.507 e. The Labute approximate surface area is 224 Å². The Balaban J connectivity index is 1.61. The van der Waals surface area contributed by atoms with Crippen LogP contribution in [0.1, 0.15) is 101 Å². The second-order valence-corrected chi connectivity index (χ2v) is 14.2. The zero-order chi connectivity index (χ0) is 27.2. The Hall–Kier alpha value is -2.62. The standard InChI is InChI=1S/C33H46N2O2/c1-21-11-24(16-31(3,4)5)13-26(29(21)36)19-34-28-15-23-9-10-33(28,18-23)35-20-27-14-25(17-32(6,7)8)12-22(2)30(27)37/h11-14,19-20,23,28,36-37H,9-10,15-18H2,1-8H3. The quantitative estimate of drug-likeness (QED) is 0.397. The highest BCUT2D eigenvalue weighted by Gasteiger charge is 2.52. The molecule has 2 fully saturated rings. The molecule has 0 heterocycles. The molecular weight excluding hydrogens is 456 g/mol. The number of benzene rings is 2. The molecule has 2 aromatic rings. The largest absolute Gasteiger partial charge is 0.507 e. The number of hydrogen-bond acceptors (Lipinski definition) is 4. The number of fused-ring (bicyclic) bond motifs is 2. The van der Waals surface area contributed by atoms with Crippen LogP contribution in [0.5, 0.6) is 11.5 Å². The molecule has 2 aliphatic rings. The smallest absolute Gasteiger partial charge is 0.127 e. The zero-order valence-corrected chi connectivity index (χ0v) is 24.2. The third kappa shape index (κ3) is 6.45.